The van der Waals surface area contributed by atoms with Crippen LogP contribution in [0.1, 0.15) is 39.5 Å². The lowest BCUT2D eigenvalue weighted by molar-refractivity contribution is -0.143. The molecular formula is C9H17NO2. The molecule has 0 aliphatic heterocycles. The van der Waals surface area contributed by atoms with E-state index in [1.54, 1.807) is 0 Å². The summed E-state index contributed by atoms with van der Waals surface area (Å²) in [6, 6.07) is 0. The minimum Gasteiger partial charge on any atom is -0.481 e. The standard InChI is InChI=1S/C9H17NO2/c1-8(2,10)9(4-3-5-9)6-7(11)12/h3-6,10H2,1-2H3,(H,11,12). The fraction of sp³-hybridized carbons (Fsp3) is 0.889. The van der Waals surface area contributed by atoms with Crippen LogP contribution < -0.4 is 5.73 Å². The van der Waals surface area contributed by atoms with Gasteiger partial charge in [-0.3, -0.25) is 4.79 Å². The van der Waals surface area contributed by atoms with Crippen molar-refractivity contribution >= 4 is 5.97 Å². The monoisotopic (exact) mass is 171 g/mol. The van der Waals surface area contributed by atoms with Crippen LogP contribution in [0.4, 0.5) is 0 Å². The largest absolute Gasteiger partial charge is 0.481 e. The van der Waals surface area contributed by atoms with Gasteiger partial charge in [-0.15, -0.1) is 0 Å². The third-order valence-corrected chi connectivity index (χ3v) is 3.17. The van der Waals surface area contributed by atoms with Crippen molar-refractivity contribution in [3.8, 4) is 0 Å². The lowest BCUT2D eigenvalue weighted by Gasteiger charge is -2.50. The van der Waals surface area contributed by atoms with Gasteiger partial charge in [-0.2, -0.15) is 0 Å². The quantitative estimate of drug-likeness (QED) is 0.674. The Balaban J connectivity index is 2.70. The first-order valence-electron chi connectivity index (χ1n) is 4.38. The summed E-state index contributed by atoms with van der Waals surface area (Å²) >= 11 is 0. The number of rotatable bonds is 3. The molecule has 1 rings (SSSR count). The zero-order valence-corrected chi connectivity index (χ0v) is 7.76. The lowest BCUT2D eigenvalue weighted by atomic mass is 9.57. The Labute approximate surface area is 72.9 Å². The second-order valence-electron chi connectivity index (χ2n) is 4.43. The maximum Gasteiger partial charge on any atom is 0.303 e. The number of aliphatic carboxylic acids is 1. The van der Waals surface area contributed by atoms with E-state index in [0.29, 0.717) is 0 Å². The molecule has 3 N–H and O–H groups in total. The van der Waals surface area contributed by atoms with Crippen molar-refractivity contribution in [1.82, 2.24) is 0 Å². The molecule has 1 aliphatic rings. The van der Waals surface area contributed by atoms with E-state index in [1.807, 2.05) is 13.8 Å². The molecular weight excluding hydrogens is 154 g/mol. The van der Waals surface area contributed by atoms with E-state index in [4.69, 9.17) is 10.8 Å². The summed E-state index contributed by atoms with van der Waals surface area (Å²) in [5, 5.41) is 8.72. The predicted molar refractivity (Wildman–Crippen MR) is 46.8 cm³/mol. The predicted octanol–water partition coefficient (Wildman–Crippen LogP) is 1.37. The van der Waals surface area contributed by atoms with Gasteiger partial charge < -0.3 is 10.8 Å². The topological polar surface area (TPSA) is 63.3 Å². The molecule has 0 aromatic carbocycles. The highest BCUT2D eigenvalue weighted by molar-refractivity contribution is 5.68. The van der Waals surface area contributed by atoms with Gasteiger partial charge in [0.15, 0.2) is 0 Å². The van der Waals surface area contributed by atoms with E-state index in [-0.39, 0.29) is 17.4 Å². The van der Waals surface area contributed by atoms with E-state index in [0.717, 1.165) is 19.3 Å². The highest BCUT2D eigenvalue weighted by Crippen LogP contribution is 2.50. The molecule has 1 fully saturated rings. The summed E-state index contributed by atoms with van der Waals surface area (Å²) in [5.74, 6) is -0.728. The fourth-order valence-corrected chi connectivity index (χ4v) is 1.94. The molecule has 0 unspecified atom stereocenters. The van der Waals surface area contributed by atoms with Gasteiger partial charge in [-0.1, -0.05) is 6.42 Å². The van der Waals surface area contributed by atoms with Crippen LogP contribution in [0.25, 0.3) is 0 Å². The van der Waals surface area contributed by atoms with Crippen molar-refractivity contribution in [1.29, 1.82) is 0 Å². The zero-order valence-electron chi connectivity index (χ0n) is 7.76. The van der Waals surface area contributed by atoms with E-state index >= 15 is 0 Å². The Hall–Kier alpha value is -0.570. The highest BCUT2D eigenvalue weighted by atomic mass is 16.4. The summed E-state index contributed by atoms with van der Waals surface area (Å²) in [6.07, 6.45) is 3.26. The van der Waals surface area contributed by atoms with Gasteiger partial charge in [0.05, 0.1) is 6.42 Å². The molecule has 3 nitrogen and oxygen atoms in total. The lowest BCUT2D eigenvalue weighted by Crippen LogP contribution is -2.55. The number of hydrogen-bond acceptors (Lipinski definition) is 2. The van der Waals surface area contributed by atoms with Gasteiger partial charge in [-0.25, -0.2) is 0 Å². The molecule has 0 spiro atoms. The Morgan fingerprint density at radius 3 is 2.17 bits per heavy atom. The molecule has 0 heterocycles. The molecule has 0 aromatic heterocycles. The molecule has 12 heavy (non-hydrogen) atoms. The molecule has 0 amide bonds. The maximum absolute atomic E-state index is 10.6. The Morgan fingerprint density at radius 1 is 1.58 bits per heavy atom. The highest BCUT2D eigenvalue weighted by Gasteiger charge is 2.48. The second-order valence-corrected chi connectivity index (χ2v) is 4.43. The average molecular weight is 171 g/mol. The number of hydrogen-bond donors (Lipinski definition) is 2. The van der Waals surface area contributed by atoms with Crippen LogP contribution in [0.15, 0.2) is 0 Å². The smallest absolute Gasteiger partial charge is 0.303 e. The SMILES string of the molecule is CC(C)(N)C1(CC(=O)O)CCC1. The molecule has 70 valence electrons. The van der Waals surface area contributed by atoms with Gasteiger partial charge in [0, 0.05) is 5.54 Å². The van der Waals surface area contributed by atoms with Crippen LogP contribution >= 0.6 is 0 Å². The van der Waals surface area contributed by atoms with Crippen molar-refractivity contribution < 1.29 is 9.90 Å². The van der Waals surface area contributed by atoms with Gasteiger partial charge in [0.2, 0.25) is 0 Å². The Kier molecular flexibility index (Phi) is 2.17. The van der Waals surface area contributed by atoms with Gasteiger partial charge >= 0.3 is 5.97 Å². The third kappa shape index (κ3) is 1.46. The minimum atomic E-state index is -0.728. The van der Waals surface area contributed by atoms with Gasteiger partial charge in [0.1, 0.15) is 0 Å². The van der Waals surface area contributed by atoms with Crippen molar-refractivity contribution in [2.45, 2.75) is 45.1 Å². The summed E-state index contributed by atoms with van der Waals surface area (Å²) in [6.45, 7) is 3.85. The molecule has 1 saturated carbocycles. The first-order chi connectivity index (χ1) is 5.37. The summed E-state index contributed by atoms with van der Waals surface area (Å²) < 4.78 is 0. The van der Waals surface area contributed by atoms with Crippen molar-refractivity contribution in [2.75, 3.05) is 0 Å². The molecule has 0 saturated heterocycles. The molecule has 0 radical (unpaired) electrons. The summed E-state index contributed by atoms with van der Waals surface area (Å²) in [7, 11) is 0. The van der Waals surface area contributed by atoms with Crippen LogP contribution in [-0.4, -0.2) is 16.6 Å². The van der Waals surface area contributed by atoms with Crippen molar-refractivity contribution in [2.24, 2.45) is 11.1 Å². The molecule has 3 heteroatoms. The third-order valence-electron chi connectivity index (χ3n) is 3.17. The van der Waals surface area contributed by atoms with E-state index in [1.165, 1.54) is 0 Å². The van der Waals surface area contributed by atoms with Gasteiger partial charge in [0.25, 0.3) is 0 Å². The van der Waals surface area contributed by atoms with Crippen LogP contribution in [0.5, 0.6) is 0 Å². The molecule has 0 bridgehead atoms. The number of carbonyl (C=O) groups is 1. The van der Waals surface area contributed by atoms with Crippen LogP contribution in [0.2, 0.25) is 0 Å². The number of nitrogens with two attached hydrogens (primary N) is 1. The van der Waals surface area contributed by atoms with Crippen molar-refractivity contribution in [3.05, 3.63) is 0 Å². The zero-order chi connectivity index (χ0) is 9.41. The van der Waals surface area contributed by atoms with Crippen LogP contribution in [0.3, 0.4) is 0 Å². The molecule has 1 aliphatic carbocycles. The minimum absolute atomic E-state index is 0.140. The van der Waals surface area contributed by atoms with Crippen molar-refractivity contribution in [3.63, 3.8) is 0 Å². The first kappa shape index (κ1) is 9.52. The Morgan fingerprint density at radius 2 is 2.08 bits per heavy atom. The van der Waals surface area contributed by atoms with Gasteiger partial charge in [-0.05, 0) is 32.1 Å². The maximum atomic E-state index is 10.6. The fourth-order valence-electron chi connectivity index (χ4n) is 1.94. The number of carboxylic acid groups (broad SMARTS) is 1. The molecule has 0 aromatic rings. The van der Waals surface area contributed by atoms with E-state index < -0.39 is 5.97 Å². The van der Waals surface area contributed by atoms with E-state index in [2.05, 4.69) is 0 Å². The average Bonchev–Trinajstić information content (AvgIpc) is 1.74. The normalized spacial score (nSPS) is 21.6. The summed E-state index contributed by atoms with van der Waals surface area (Å²) in [5.41, 5.74) is 5.46. The summed E-state index contributed by atoms with van der Waals surface area (Å²) in [4.78, 5) is 10.6. The number of carboxylic acids is 1. The van der Waals surface area contributed by atoms with Crippen LogP contribution in [-0.2, 0) is 4.79 Å². The Bertz CT molecular complexity index is 189. The molecule has 0 atom stereocenters. The second kappa shape index (κ2) is 2.73. The van der Waals surface area contributed by atoms with Crippen LogP contribution in [0, 0.1) is 5.41 Å². The van der Waals surface area contributed by atoms with E-state index in [9.17, 15) is 4.79 Å². The first-order valence-corrected chi connectivity index (χ1v) is 4.38.